The summed E-state index contributed by atoms with van der Waals surface area (Å²) in [4.78, 5) is 10.00. The maximum absolute atomic E-state index is 10.00. The molecule has 0 aliphatic carbocycles. The van der Waals surface area contributed by atoms with Gasteiger partial charge in [0.25, 0.3) is 0 Å². The summed E-state index contributed by atoms with van der Waals surface area (Å²) in [6, 6.07) is 7.16. The number of aldehydes is 1. The Morgan fingerprint density at radius 1 is 1.15 bits per heavy atom. The summed E-state index contributed by atoms with van der Waals surface area (Å²) in [6.45, 7) is 2.67. The predicted molar refractivity (Wildman–Crippen MR) is 49.2 cm³/mol. The van der Waals surface area contributed by atoms with Gasteiger partial charge < -0.3 is 9.47 Å². The molecule has 0 radical (unpaired) electrons. The third-order valence-corrected chi connectivity index (χ3v) is 1.45. The largest absolute Gasteiger partial charge is 0.494 e. The highest BCUT2D eigenvalue weighted by molar-refractivity contribution is 5.51. The molecule has 0 N–H and O–H groups in total. The van der Waals surface area contributed by atoms with Crippen LogP contribution in [0, 0.1) is 0 Å². The van der Waals surface area contributed by atoms with E-state index in [0.717, 1.165) is 12.0 Å². The fourth-order valence-corrected chi connectivity index (χ4v) is 0.929. The molecule has 3 nitrogen and oxygen atoms in total. The standard InChI is InChI=1S/C10H12O3/c1-2-12-9-3-5-10(6-4-9)13-8-7-11/h3-7H,2,8H2,1H3. The number of hydrogen-bond acceptors (Lipinski definition) is 3. The zero-order valence-electron chi connectivity index (χ0n) is 7.53. The predicted octanol–water partition coefficient (Wildman–Crippen LogP) is 1.66. The lowest BCUT2D eigenvalue weighted by atomic mass is 10.3. The Hall–Kier alpha value is -1.51. The minimum atomic E-state index is 0.0913. The van der Waals surface area contributed by atoms with Gasteiger partial charge in [-0.05, 0) is 31.2 Å². The van der Waals surface area contributed by atoms with E-state index in [1.54, 1.807) is 12.1 Å². The molecule has 0 unspecified atom stereocenters. The van der Waals surface area contributed by atoms with Gasteiger partial charge in [0.2, 0.25) is 0 Å². The number of ether oxygens (including phenoxy) is 2. The zero-order chi connectivity index (χ0) is 9.52. The number of carbonyl (C=O) groups is 1. The number of carbonyl (C=O) groups excluding carboxylic acids is 1. The van der Waals surface area contributed by atoms with Gasteiger partial charge in [0.15, 0.2) is 6.29 Å². The summed E-state index contributed by atoms with van der Waals surface area (Å²) in [6.07, 6.45) is 0.719. The summed E-state index contributed by atoms with van der Waals surface area (Å²) in [5, 5.41) is 0. The van der Waals surface area contributed by atoms with Crippen molar-refractivity contribution in [1.82, 2.24) is 0 Å². The molecule has 0 aliphatic heterocycles. The van der Waals surface area contributed by atoms with E-state index >= 15 is 0 Å². The lowest BCUT2D eigenvalue weighted by Gasteiger charge is -2.04. The first-order valence-corrected chi connectivity index (χ1v) is 4.16. The van der Waals surface area contributed by atoms with Crippen molar-refractivity contribution in [2.45, 2.75) is 6.92 Å². The second-order valence-corrected chi connectivity index (χ2v) is 2.38. The summed E-state index contributed by atoms with van der Waals surface area (Å²) in [7, 11) is 0. The fraction of sp³-hybridized carbons (Fsp3) is 0.300. The SMILES string of the molecule is CCOc1ccc(OCC=O)cc1. The molecule has 3 heteroatoms. The summed E-state index contributed by atoms with van der Waals surface area (Å²) in [5.41, 5.74) is 0. The molecule has 0 heterocycles. The number of benzene rings is 1. The first-order chi connectivity index (χ1) is 6.36. The molecule has 0 atom stereocenters. The molecule has 13 heavy (non-hydrogen) atoms. The van der Waals surface area contributed by atoms with Crippen LogP contribution in [0.15, 0.2) is 24.3 Å². The van der Waals surface area contributed by atoms with Crippen molar-refractivity contribution in [3.05, 3.63) is 24.3 Å². The molecule has 0 fully saturated rings. The Bertz CT molecular complexity index is 253. The Labute approximate surface area is 77.3 Å². The van der Waals surface area contributed by atoms with Crippen molar-refractivity contribution in [2.75, 3.05) is 13.2 Å². The maximum atomic E-state index is 10.00. The summed E-state index contributed by atoms with van der Waals surface area (Å²) >= 11 is 0. The van der Waals surface area contributed by atoms with Crippen molar-refractivity contribution < 1.29 is 14.3 Å². The van der Waals surface area contributed by atoms with Crippen LogP contribution < -0.4 is 9.47 Å². The van der Waals surface area contributed by atoms with Crippen LogP contribution in [0.4, 0.5) is 0 Å². The van der Waals surface area contributed by atoms with E-state index in [1.807, 2.05) is 19.1 Å². The first-order valence-electron chi connectivity index (χ1n) is 4.16. The van der Waals surface area contributed by atoms with Gasteiger partial charge in [-0.3, -0.25) is 4.79 Å². The molecular formula is C10H12O3. The van der Waals surface area contributed by atoms with E-state index in [4.69, 9.17) is 9.47 Å². The van der Waals surface area contributed by atoms with E-state index in [0.29, 0.717) is 12.4 Å². The van der Waals surface area contributed by atoms with Crippen LogP contribution in [-0.4, -0.2) is 19.5 Å². The molecule has 0 bridgehead atoms. The van der Waals surface area contributed by atoms with Crippen LogP contribution in [-0.2, 0) is 4.79 Å². The summed E-state index contributed by atoms with van der Waals surface area (Å²) in [5.74, 6) is 1.48. The molecule has 0 saturated carbocycles. The van der Waals surface area contributed by atoms with Gasteiger partial charge in [-0.15, -0.1) is 0 Å². The zero-order valence-corrected chi connectivity index (χ0v) is 7.53. The molecule has 1 rings (SSSR count). The van der Waals surface area contributed by atoms with Crippen molar-refractivity contribution >= 4 is 6.29 Å². The highest BCUT2D eigenvalue weighted by atomic mass is 16.5. The van der Waals surface area contributed by atoms with E-state index in [9.17, 15) is 4.79 Å². The molecule has 0 aliphatic rings. The second-order valence-electron chi connectivity index (χ2n) is 2.38. The minimum absolute atomic E-state index is 0.0913. The quantitative estimate of drug-likeness (QED) is 0.646. The molecule has 0 amide bonds. The fourth-order valence-electron chi connectivity index (χ4n) is 0.929. The van der Waals surface area contributed by atoms with Gasteiger partial charge in [0.05, 0.1) is 6.61 Å². The molecule has 0 saturated heterocycles. The number of hydrogen-bond donors (Lipinski definition) is 0. The third kappa shape index (κ3) is 3.15. The smallest absolute Gasteiger partial charge is 0.157 e. The van der Waals surface area contributed by atoms with Crippen LogP contribution in [0.25, 0.3) is 0 Å². The molecule has 0 aromatic heterocycles. The highest BCUT2D eigenvalue weighted by Crippen LogP contribution is 2.16. The maximum Gasteiger partial charge on any atom is 0.157 e. The van der Waals surface area contributed by atoms with Crippen LogP contribution in [0.1, 0.15) is 6.92 Å². The monoisotopic (exact) mass is 180 g/mol. The van der Waals surface area contributed by atoms with Crippen LogP contribution in [0.5, 0.6) is 11.5 Å². The summed E-state index contributed by atoms with van der Waals surface area (Å²) < 4.78 is 10.3. The Morgan fingerprint density at radius 3 is 2.15 bits per heavy atom. The highest BCUT2D eigenvalue weighted by Gasteiger charge is 1.94. The van der Waals surface area contributed by atoms with Crippen molar-refractivity contribution in [1.29, 1.82) is 0 Å². The Balaban J connectivity index is 2.53. The van der Waals surface area contributed by atoms with Crippen LogP contribution in [0.2, 0.25) is 0 Å². The second kappa shape index (κ2) is 5.19. The van der Waals surface area contributed by atoms with Gasteiger partial charge in [-0.1, -0.05) is 0 Å². The molecule has 1 aromatic rings. The van der Waals surface area contributed by atoms with E-state index in [1.165, 1.54) is 0 Å². The van der Waals surface area contributed by atoms with E-state index < -0.39 is 0 Å². The molecule has 0 spiro atoms. The lowest BCUT2D eigenvalue weighted by Crippen LogP contribution is -1.97. The Morgan fingerprint density at radius 2 is 1.69 bits per heavy atom. The van der Waals surface area contributed by atoms with Gasteiger partial charge in [0, 0.05) is 0 Å². The Kier molecular flexibility index (Phi) is 3.82. The normalized spacial score (nSPS) is 9.31. The average Bonchev–Trinajstić information content (AvgIpc) is 2.17. The molecule has 1 aromatic carbocycles. The van der Waals surface area contributed by atoms with Crippen molar-refractivity contribution in [3.63, 3.8) is 0 Å². The molecule has 70 valence electrons. The average molecular weight is 180 g/mol. The van der Waals surface area contributed by atoms with Crippen molar-refractivity contribution in [2.24, 2.45) is 0 Å². The van der Waals surface area contributed by atoms with Crippen LogP contribution in [0.3, 0.4) is 0 Å². The third-order valence-electron chi connectivity index (χ3n) is 1.45. The first kappa shape index (κ1) is 9.58. The van der Waals surface area contributed by atoms with Gasteiger partial charge in [-0.25, -0.2) is 0 Å². The molecular weight excluding hydrogens is 168 g/mol. The lowest BCUT2D eigenvalue weighted by molar-refractivity contribution is -0.109. The van der Waals surface area contributed by atoms with E-state index in [2.05, 4.69) is 0 Å². The topological polar surface area (TPSA) is 35.5 Å². The minimum Gasteiger partial charge on any atom is -0.494 e. The van der Waals surface area contributed by atoms with E-state index in [-0.39, 0.29) is 6.61 Å². The van der Waals surface area contributed by atoms with Crippen LogP contribution >= 0.6 is 0 Å². The van der Waals surface area contributed by atoms with Gasteiger partial charge in [-0.2, -0.15) is 0 Å². The number of rotatable bonds is 5. The van der Waals surface area contributed by atoms with Gasteiger partial charge in [0.1, 0.15) is 18.1 Å². The van der Waals surface area contributed by atoms with Gasteiger partial charge >= 0.3 is 0 Å². The van der Waals surface area contributed by atoms with Crippen molar-refractivity contribution in [3.8, 4) is 11.5 Å².